The van der Waals surface area contributed by atoms with Crippen LogP contribution in [-0.2, 0) is 14.6 Å². The molecule has 2 bridgehead atoms. The summed E-state index contributed by atoms with van der Waals surface area (Å²) in [6, 6.07) is 0. The summed E-state index contributed by atoms with van der Waals surface area (Å²) in [5, 5.41) is -1.23. The first-order chi connectivity index (χ1) is 8.12. The zero-order valence-corrected chi connectivity index (χ0v) is 10.5. The van der Waals surface area contributed by atoms with Gasteiger partial charge in [-0.3, -0.25) is 4.79 Å². The molecule has 0 saturated heterocycles. The second-order valence-corrected chi connectivity index (χ2v) is 7.18. The van der Waals surface area contributed by atoms with E-state index >= 15 is 0 Å². The molecule has 3 nitrogen and oxygen atoms in total. The summed E-state index contributed by atoms with van der Waals surface area (Å²) in [6.45, 7) is 0. The maximum Gasteiger partial charge on any atom is 0.450 e. The van der Waals surface area contributed by atoms with Crippen LogP contribution in [0.3, 0.4) is 0 Å². The maximum atomic E-state index is 12.6. The Morgan fingerprint density at radius 3 is 2.06 bits per heavy atom. The number of allylic oxidation sites excluding steroid dienone is 2. The minimum atomic E-state index is -4.97. The van der Waals surface area contributed by atoms with Crippen molar-refractivity contribution >= 4 is 15.6 Å². The monoisotopic (exact) mass is 282 g/mol. The summed E-state index contributed by atoms with van der Waals surface area (Å²) in [4.78, 5) is 11.4. The molecule has 0 aromatic heterocycles. The fourth-order valence-electron chi connectivity index (χ4n) is 3.06. The van der Waals surface area contributed by atoms with Gasteiger partial charge in [0.05, 0.1) is 11.2 Å². The first-order valence-electron chi connectivity index (χ1n) is 5.60. The molecule has 0 spiro atoms. The Morgan fingerprint density at radius 2 is 1.67 bits per heavy atom. The molecule has 3 aliphatic rings. The number of halogens is 3. The number of fused-ring (bicyclic) bond motifs is 2. The van der Waals surface area contributed by atoms with E-state index in [-0.39, 0.29) is 0 Å². The lowest BCUT2D eigenvalue weighted by atomic mass is 9.67. The Kier molecular flexibility index (Phi) is 3.08. The number of Topliss-reactive ketones (excluding diaryl/α,β-unsaturated/α-hetero) is 1. The first kappa shape index (κ1) is 13.6. The number of sulfone groups is 1. The molecule has 3 aliphatic carbocycles. The number of carbonyl (C=O) groups is 1. The molecule has 102 valence electrons. The van der Waals surface area contributed by atoms with Crippen molar-refractivity contribution in [3.63, 3.8) is 0 Å². The van der Waals surface area contributed by atoms with Crippen LogP contribution in [0.4, 0.5) is 13.2 Å². The number of alkyl halides is 3. The molecule has 7 heteroatoms. The van der Waals surface area contributed by atoms with Gasteiger partial charge in [-0.05, 0) is 24.7 Å². The van der Waals surface area contributed by atoms with E-state index in [1.54, 1.807) is 12.2 Å². The lowest BCUT2D eigenvalue weighted by molar-refractivity contribution is -0.178. The average Bonchev–Trinajstić information content (AvgIpc) is 2.26. The minimum Gasteiger partial charge on any atom is -0.289 e. The summed E-state index contributed by atoms with van der Waals surface area (Å²) in [5.41, 5.74) is 0. The van der Waals surface area contributed by atoms with E-state index in [9.17, 15) is 26.4 Å². The van der Waals surface area contributed by atoms with Gasteiger partial charge in [0.1, 0.15) is 0 Å². The molecule has 0 amide bonds. The minimum absolute atomic E-state index is 0.444. The van der Waals surface area contributed by atoms with Crippen LogP contribution < -0.4 is 0 Å². The first-order valence-corrected chi connectivity index (χ1v) is 7.56. The fourth-order valence-corrected chi connectivity index (χ4v) is 4.78. The number of carbonyl (C=O) groups excluding carboxylic acids is 1. The van der Waals surface area contributed by atoms with Crippen molar-refractivity contribution in [2.24, 2.45) is 17.8 Å². The molecule has 0 unspecified atom stereocenters. The molecule has 0 aliphatic heterocycles. The molecule has 0 aromatic carbocycles. The summed E-state index contributed by atoms with van der Waals surface area (Å²) in [7, 11) is -3.68. The smallest absolute Gasteiger partial charge is 0.289 e. The number of hydrogen-bond acceptors (Lipinski definition) is 3. The zero-order chi connectivity index (χ0) is 13.7. The second kappa shape index (κ2) is 4.08. The van der Waals surface area contributed by atoms with Crippen molar-refractivity contribution in [1.29, 1.82) is 0 Å². The van der Waals surface area contributed by atoms with E-state index < -0.39 is 44.8 Å². The fraction of sp³-hybridized carbons (Fsp3) is 0.727. The Bertz CT molecular complexity index is 492. The van der Waals surface area contributed by atoms with Crippen LogP contribution >= 0.6 is 0 Å². The Balaban J connectivity index is 2.44. The van der Waals surface area contributed by atoms with Crippen LogP contribution in [0.25, 0.3) is 0 Å². The Labute approximate surface area is 103 Å². The van der Waals surface area contributed by atoms with Gasteiger partial charge >= 0.3 is 6.18 Å². The third-order valence-electron chi connectivity index (χ3n) is 3.75. The van der Waals surface area contributed by atoms with Crippen molar-refractivity contribution in [3.05, 3.63) is 12.2 Å². The number of hydrogen-bond donors (Lipinski definition) is 0. The van der Waals surface area contributed by atoms with Crippen LogP contribution in [0, 0.1) is 17.8 Å². The third kappa shape index (κ3) is 2.20. The number of ketones is 1. The molecule has 0 N–H and O–H groups in total. The van der Waals surface area contributed by atoms with E-state index in [1.807, 2.05) is 0 Å². The molecule has 1 fully saturated rings. The van der Waals surface area contributed by atoms with E-state index in [2.05, 4.69) is 0 Å². The summed E-state index contributed by atoms with van der Waals surface area (Å²) in [6.07, 6.45) is 0.103. The predicted octanol–water partition coefficient (Wildman–Crippen LogP) is 1.74. The van der Waals surface area contributed by atoms with Crippen molar-refractivity contribution < 1.29 is 26.4 Å². The zero-order valence-electron chi connectivity index (χ0n) is 9.65. The molecule has 0 heterocycles. The molecular formula is C11H13F3O3S. The predicted molar refractivity (Wildman–Crippen MR) is 58.5 cm³/mol. The second-order valence-electron chi connectivity index (χ2n) is 4.97. The largest absolute Gasteiger partial charge is 0.450 e. The van der Waals surface area contributed by atoms with Gasteiger partial charge in [-0.25, -0.2) is 8.42 Å². The van der Waals surface area contributed by atoms with Crippen molar-refractivity contribution in [1.82, 2.24) is 0 Å². The SMILES string of the molecule is CS(=O)(=O)[C@H]1[C@H](C(=O)C(F)(F)F)[C@H]2C=C[C@@H]1CC2. The van der Waals surface area contributed by atoms with Gasteiger partial charge in [0.2, 0.25) is 5.78 Å². The van der Waals surface area contributed by atoms with E-state index in [0.29, 0.717) is 12.8 Å². The van der Waals surface area contributed by atoms with Gasteiger partial charge in [0, 0.05) is 6.26 Å². The highest BCUT2D eigenvalue weighted by Gasteiger charge is 2.55. The Hall–Kier alpha value is -0.850. The van der Waals surface area contributed by atoms with Crippen LogP contribution in [0.1, 0.15) is 12.8 Å². The lowest BCUT2D eigenvalue weighted by Gasteiger charge is -2.43. The van der Waals surface area contributed by atoms with Gasteiger partial charge in [-0.1, -0.05) is 12.2 Å². The molecule has 4 atom stereocenters. The summed E-state index contributed by atoms with van der Waals surface area (Å²) in [5.74, 6) is -4.45. The topological polar surface area (TPSA) is 51.2 Å². The van der Waals surface area contributed by atoms with Crippen LogP contribution in [-0.4, -0.2) is 31.9 Å². The standard InChI is InChI=1S/C11H13F3O3S/c1-18(16,17)9-7-4-2-6(3-5-7)8(9)10(15)11(12,13)14/h2,4,6-9H,3,5H2,1H3/t6-,7+,8+,9+/m0/s1. The third-order valence-corrected chi connectivity index (χ3v) is 5.38. The molecule has 1 saturated carbocycles. The highest BCUT2D eigenvalue weighted by Crippen LogP contribution is 2.46. The molecule has 18 heavy (non-hydrogen) atoms. The van der Waals surface area contributed by atoms with Crippen LogP contribution in [0.2, 0.25) is 0 Å². The normalized spacial score (nSPS) is 35.8. The highest BCUT2D eigenvalue weighted by atomic mass is 32.2. The van der Waals surface area contributed by atoms with Gasteiger partial charge in [-0.2, -0.15) is 13.2 Å². The molecule has 0 aromatic rings. The molecule has 3 rings (SSSR count). The molecular weight excluding hydrogens is 269 g/mol. The van der Waals surface area contributed by atoms with Gasteiger partial charge in [0.25, 0.3) is 0 Å². The number of rotatable bonds is 2. The van der Waals surface area contributed by atoms with Gasteiger partial charge in [-0.15, -0.1) is 0 Å². The van der Waals surface area contributed by atoms with E-state index in [0.717, 1.165) is 6.26 Å². The quantitative estimate of drug-likeness (QED) is 0.725. The van der Waals surface area contributed by atoms with Crippen molar-refractivity contribution in [2.75, 3.05) is 6.26 Å². The maximum absolute atomic E-state index is 12.6. The van der Waals surface area contributed by atoms with Crippen LogP contribution in [0.15, 0.2) is 12.2 Å². The Morgan fingerprint density at radius 1 is 1.17 bits per heavy atom. The van der Waals surface area contributed by atoms with Crippen LogP contribution in [0.5, 0.6) is 0 Å². The summed E-state index contributed by atoms with van der Waals surface area (Å²) < 4.78 is 61.0. The van der Waals surface area contributed by atoms with E-state index in [4.69, 9.17) is 0 Å². The average molecular weight is 282 g/mol. The lowest BCUT2D eigenvalue weighted by Crippen LogP contribution is -2.52. The van der Waals surface area contributed by atoms with Crippen molar-refractivity contribution in [3.8, 4) is 0 Å². The van der Waals surface area contributed by atoms with Crippen molar-refractivity contribution in [2.45, 2.75) is 24.3 Å². The molecule has 0 radical (unpaired) electrons. The van der Waals surface area contributed by atoms with E-state index in [1.165, 1.54) is 0 Å². The highest BCUT2D eigenvalue weighted by molar-refractivity contribution is 7.91. The van der Waals surface area contributed by atoms with Gasteiger partial charge < -0.3 is 0 Å². The van der Waals surface area contributed by atoms with Gasteiger partial charge in [0.15, 0.2) is 9.84 Å². The summed E-state index contributed by atoms with van der Waals surface area (Å²) >= 11 is 0.